The van der Waals surface area contributed by atoms with Crippen LogP contribution >= 0.6 is 34.3 Å². The predicted octanol–water partition coefficient (Wildman–Crippen LogP) is 1.81. The van der Waals surface area contributed by atoms with E-state index < -0.39 is 10.0 Å². The molecule has 132 valence electrons. The molecule has 2 aromatic heterocycles. The highest BCUT2D eigenvalue weighted by atomic mass is 35.5. The summed E-state index contributed by atoms with van der Waals surface area (Å²) in [6.45, 7) is 3.20. The molecule has 0 aliphatic heterocycles. The fourth-order valence-electron chi connectivity index (χ4n) is 1.74. The largest absolute Gasteiger partial charge is 0.355 e. The fraction of sp³-hybridized carbons (Fsp3) is 0.385. The van der Waals surface area contributed by atoms with Crippen molar-refractivity contribution in [1.82, 2.24) is 20.3 Å². The van der Waals surface area contributed by atoms with Crippen molar-refractivity contribution in [1.29, 1.82) is 0 Å². The summed E-state index contributed by atoms with van der Waals surface area (Å²) in [5.74, 6) is 0.584. The number of sulfonamides is 1. The van der Waals surface area contributed by atoms with E-state index in [1.807, 2.05) is 13.1 Å². The van der Waals surface area contributed by atoms with Crippen LogP contribution in [0, 0.1) is 6.92 Å². The number of hydrogen-bond acceptors (Lipinski definition) is 6. The Morgan fingerprint density at radius 1 is 1.29 bits per heavy atom. The number of hydrogen-bond donors (Lipinski definition) is 3. The third-order valence-corrected chi connectivity index (χ3v) is 6.92. The van der Waals surface area contributed by atoms with Gasteiger partial charge in [-0.25, -0.2) is 18.1 Å². The van der Waals surface area contributed by atoms with E-state index in [0.29, 0.717) is 23.4 Å². The van der Waals surface area contributed by atoms with Crippen molar-refractivity contribution in [2.45, 2.75) is 17.7 Å². The Balaban J connectivity index is 1.74. The van der Waals surface area contributed by atoms with Gasteiger partial charge in [0.25, 0.3) is 0 Å². The van der Waals surface area contributed by atoms with Gasteiger partial charge in [-0.05, 0) is 19.1 Å². The Morgan fingerprint density at radius 2 is 2.08 bits per heavy atom. The number of nitrogens with one attached hydrogen (secondary N) is 3. The Kier molecular flexibility index (Phi) is 6.99. The van der Waals surface area contributed by atoms with E-state index in [9.17, 15) is 8.42 Å². The van der Waals surface area contributed by atoms with Gasteiger partial charge in [-0.3, -0.25) is 4.99 Å². The van der Waals surface area contributed by atoms with Crippen molar-refractivity contribution in [2.24, 2.45) is 4.99 Å². The molecule has 0 amide bonds. The van der Waals surface area contributed by atoms with Crippen molar-refractivity contribution in [2.75, 3.05) is 20.1 Å². The SMILES string of the molecule is CN=C(NCCNS(=O)(=O)c1ccc(Cl)s1)NCc1ncc(C)s1. The number of guanidine groups is 1. The first-order chi connectivity index (χ1) is 11.4. The zero-order valence-electron chi connectivity index (χ0n) is 13.2. The molecular formula is C13H18ClN5O2S3. The highest BCUT2D eigenvalue weighted by Crippen LogP contribution is 2.25. The first-order valence-corrected chi connectivity index (χ1v) is 10.5. The molecule has 0 saturated carbocycles. The molecule has 2 heterocycles. The number of aromatic nitrogens is 1. The molecule has 24 heavy (non-hydrogen) atoms. The second kappa shape index (κ2) is 8.77. The van der Waals surface area contributed by atoms with Crippen LogP contribution in [0.1, 0.15) is 9.88 Å². The third-order valence-electron chi connectivity index (χ3n) is 2.82. The second-order valence-corrected chi connectivity index (χ2v) is 9.70. The number of aliphatic imine (C=N–C) groups is 1. The maximum Gasteiger partial charge on any atom is 0.250 e. The Labute approximate surface area is 154 Å². The predicted molar refractivity (Wildman–Crippen MR) is 99.6 cm³/mol. The number of aryl methyl sites for hydroxylation is 1. The zero-order valence-corrected chi connectivity index (χ0v) is 16.4. The summed E-state index contributed by atoms with van der Waals surface area (Å²) in [4.78, 5) is 9.49. The maximum atomic E-state index is 12.0. The van der Waals surface area contributed by atoms with E-state index in [1.165, 1.54) is 6.07 Å². The highest BCUT2D eigenvalue weighted by Gasteiger charge is 2.15. The molecule has 0 aliphatic rings. The molecule has 0 atom stereocenters. The molecular weight excluding hydrogens is 390 g/mol. The summed E-state index contributed by atoms with van der Waals surface area (Å²) in [6, 6.07) is 3.05. The molecule has 0 aromatic carbocycles. The molecule has 3 N–H and O–H groups in total. The number of thiophene rings is 1. The minimum atomic E-state index is -3.52. The van der Waals surface area contributed by atoms with Gasteiger partial charge in [0, 0.05) is 31.2 Å². The van der Waals surface area contributed by atoms with Gasteiger partial charge in [-0.1, -0.05) is 11.6 Å². The maximum absolute atomic E-state index is 12.0. The van der Waals surface area contributed by atoms with E-state index >= 15 is 0 Å². The van der Waals surface area contributed by atoms with Gasteiger partial charge in [0.1, 0.15) is 9.22 Å². The summed E-state index contributed by atoms with van der Waals surface area (Å²) in [6.07, 6.45) is 1.82. The average Bonchev–Trinajstić information content (AvgIpc) is 3.15. The lowest BCUT2D eigenvalue weighted by Gasteiger charge is -2.11. The topological polar surface area (TPSA) is 95.5 Å². The first kappa shape index (κ1) is 19.1. The normalized spacial score (nSPS) is 12.4. The lowest BCUT2D eigenvalue weighted by Crippen LogP contribution is -2.41. The van der Waals surface area contributed by atoms with Gasteiger partial charge in [-0.2, -0.15) is 0 Å². The van der Waals surface area contributed by atoms with Crippen molar-refractivity contribution < 1.29 is 8.42 Å². The monoisotopic (exact) mass is 407 g/mol. The molecule has 0 fully saturated rings. The summed E-state index contributed by atoms with van der Waals surface area (Å²) < 4.78 is 27.2. The number of halogens is 1. The third kappa shape index (κ3) is 5.71. The number of nitrogens with zero attached hydrogens (tertiary/aromatic N) is 2. The van der Waals surface area contributed by atoms with Crippen LogP contribution < -0.4 is 15.4 Å². The Morgan fingerprint density at radius 3 is 2.67 bits per heavy atom. The minimum absolute atomic E-state index is 0.203. The van der Waals surface area contributed by atoms with Crippen LogP contribution in [-0.2, 0) is 16.6 Å². The van der Waals surface area contributed by atoms with Crippen LogP contribution in [-0.4, -0.2) is 39.5 Å². The van der Waals surface area contributed by atoms with Gasteiger partial charge in [-0.15, -0.1) is 22.7 Å². The molecule has 11 heteroatoms. The molecule has 0 saturated heterocycles. The molecule has 7 nitrogen and oxygen atoms in total. The van der Waals surface area contributed by atoms with Crippen LogP contribution in [0.15, 0.2) is 27.5 Å². The molecule has 0 bridgehead atoms. The number of rotatable bonds is 7. The van der Waals surface area contributed by atoms with Crippen LogP contribution in [0.2, 0.25) is 4.34 Å². The lowest BCUT2D eigenvalue weighted by atomic mass is 10.6. The van der Waals surface area contributed by atoms with E-state index in [4.69, 9.17) is 11.6 Å². The molecule has 0 unspecified atom stereocenters. The van der Waals surface area contributed by atoms with Crippen LogP contribution in [0.4, 0.5) is 0 Å². The van der Waals surface area contributed by atoms with Crippen LogP contribution in [0.5, 0.6) is 0 Å². The molecule has 2 rings (SSSR count). The summed E-state index contributed by atoms with van der Waals surface area (Å²) in [5, 5.41) is 7.13. The van der Waals surface area contributed by atoms with Crippen molar-refractivity contribution >= 4 is 50.3 Å². The smallest absolute Gasteiger partial charge is 0.250 e. The molecule has 2 aromatic rings. The number of thiazole rings is 1. The Hall–Kier alpha value is -1.20. The first-order valence-electron chi connectivity index (χ1n) is 7.01. The van der Waals surface area contributed by atoms with Gasteiger partial charge in [0.15, 0.2) is 5.96 Å². The molecule has 0 radical (unpaired) electrons. The van der Waals surface area contributed by atoms with Crippen molar-refractivity contribution in [3.63, 3.8) is 0 Å². The van der Waals surface area contributed by atoms with Gasteiger partial charge in [0.2, 0.25) is 10.0 Å². The van der Waals surface area contributed by atoms with E-state index in [1.54, 1.807) is 24.5 Å². The molecule has 0 spiro atoms. The Bertz CT molecular complexity index is 800. The van der Waals surface area contributed by atoms with Gasteiger partial charge in [0.05, 0.1) is 10.9 Å². The van der Waals surface area contributed by atoms with E-state index in [0.717, 1.165) is 21.2 Å². The van der Waals surface area contributed by atoms with Crippen LogP contribution in [0.3, 0.4) is 0 Å². The second-order valence-electron chi connectivity index (χ2n) is 4.67. The highest BCUT2D eigenvalue weighted by molar-refractivity contribution is 7.91. The van der Waals surface area contributed by atoms with Crippen LogP contribution in [0.25, 0.3) is 0 Å². The lowest BCUT2D eigenvalue weighted by molar-refractivity contribution is 0.582. The summed E-state index contributed by atoms with van der Waals surface area (Å²) in [5.41, 5.74) is 0. The standard InChI is InChI=1S/C13H18ClN5O2S3/c1-9-7-17-11(22-9)8-18-13(15-2)16-5-6-19-24(20,21)12-4-3-10(14)23-12/h3-4,7,19H,5-6,8H2,1-2H3,(H2,15,16,18). The minimum Gasteiger partial charge on any atom is -0.355 e. The van der Waals surface area contributed by atoms with Crippen molar-refractivity contribution in [3.05, 3.63) is 32.6 Å². The van der Waals surface area contributed by atoms with E-state index in [-0.39, 0.29) is 10.8 Å². The van der Waals surface area contributed by atoms with Gasteiger partial charge < -0.3 is 10.6 Å². The fourth-order valence-corrected chi connectivity index (χ4v) is 5.03. The summed E-state index contributed by atoms with van der Waals surface area (Å²) in [7, 11) is -1.87. The average molecular weight is 408 g/mol. The van der Waals surface area contributed by atoms with E-state index in [2.05, 4.69) is 25.3 Å². The summed E-state index contributed by atoms with van der Waals surface area (Å²) >= 11 is 8.40. The molecule has 0 aliphatic carbocycles. The van der Waals surface area contributed by atoms with Gasteiger partial charge >= 0.3 is 0 Å². The quantitative estimate of drug-likeness (QED) is 0.369. The van der Waals surface area contributed by atoms with Crippen molar-refractivity contribution in [3.8, 4) is 0 Å². The zero-order chi connectivity index (χ0) is 17.6.